The maximum Gasteiger partial charge on any atom is 0.346 e. The molecule has 0 amide bonds. The average Bonchev–Trinajstić information content (AvgIpc) is 3.19. The van der Waals surface area contributed by atoms with Crippen molar-refractivity contribution in [2.45, 2.75) is 0 Å². The topological polar surface area (TPSA) is 86.7 Å². The molecule has 2 heterocycles. The van der Waals surface area contributed by atoms with Crippen LogP contribution in [0.3, 0.4) is 0 Å². The highest BCUT2D eigenvalue weighted by atomic mass is 79.9. The molecule has 0 saturated carbocycles. The van der Waals surface area contributed by atoms with Crippen molar-refractivity contribution in [2.75, 3.05) is 0 Å². The third kappa shape index (κ3) is 5.89. The number of esters is 4. The largest absolute Gasteiger partial charge is 0.386 e. The number of carbonyl (C=O) groups excluding carboxylic acids is 4. The number of fused-ring (bicyclic) bond motifs is 4. The summed E-state index contributed by atoms with van der Waals surface area (Å²) in [4.78, 5) is 50.6. The summed E-state index contributed by atoms with van der Waals surface area (Å²) in [5.74, 6) is -2.89. The lowest BCUT2D eigenvalue weighted by molar-refractivity contribution is 0.0373. The van der Waals surface area contributed by atoms with Crippen molar-refractivity contribution >= 4 is 301 Å². The van der Waals surface area contributed by atoms with E-state index in [-0.39, 0.29) is 22.3 Å². The number of hydrogen-bond donors (Lipinski definition) is 0. The molecule has 10 aromatic rings. The van der Waals surface area contributed by atoms with Crippen molar-refractivity contribution in [3.8, 4) is 0 Å². The lowest BCUT2D eigenvalue weighted by Crippen LogP contribution is -2.21. The summed E-state index contributed by atoms with van der Waals surface area (Å²) in [6.45, 7) is 0. The van der Waals surface area contributed by atoms with Crippen LogP contribution >= 0.6 is 191 Å². The molecule has 0 unspecified atom stereocenters. The van der Waals surface area contributed by atoms with E-state index in [0.29, 0.717) is 39.4 Å². The van der Waals surface area contributed by atoms with Gasteiger partial charge in [-0.3, -0.25) is 0 Å². The van der Waals surface area contributed by atoms with E-state index < -0.39 is 23.9 Å². The molecule has 10 aromatic carbocycles. The van der Waals surface area contributed by atoms with Gasteiger partial charge in [0.05, 0.1) is 22.3 Å². The highest BCUT2D eigenvalue weighted by molar-refractivity contribution is 9.13. The number of carbonyl (C=O) groups is 4. The summed E-state index contributed by atoms with van der Waals surface area (Å²) in [5, 5.41) is 14.6. The Bertz CT molecular complexity index is 3440. The van der Waals surface area contributed by atoms with Gasteiger partial charge in [0.15, 0.2) is 0 Å². The molecule has 2 aliphatic rings. The zero-order valence-corrected chi connectivity index (χ0v) is 48.6. The van der Waals surface area contributed by atoms with Gasteiger partial charge in [0.2, 0.25) is 0 Å². The summed E-state index contributed by atoms with van der Waals surface area (Å²) in [5.41, 5.74) is 1.09. The zero-order chi connectivity index (χ0) is 43.9. The second kappa shape index (κ2) is 15.2. The van der Waals surface area contributed by atoms with Gasteiger partial charge in [0, 0.05) is 140 Å². The van der Waals surface area contributed by atoms with E-state index in [2.05, 4.69) is 215 Å². The normalized spacial score (nSPS) is 13.9. The maximum atomic E-state index is 12.6. The number of ether oxygens (including phenoxy) is 2. The van der Waals surface area contributed by atoms with Gasteiger partial charge >= 0.3 is 23.9 Å². The Morgan fingerprint density at radius 3 is 0.581 bits per heavy atom. The first-order chi connectivity index (χ1) is 29.4. The number of hydrogen-bond acceptors (Lipinski definition) is 6. The van der Waals surface area contributed by atoms with Crippen molar-refractivity contribution in [3.05, 3.63) is 124 Å². The lowest BCUT2D eigenvalue weighted by Gasteiger charge is -2.25. The summed E-state index contributed by atoms with van der Waals surface area (Å²) < 4.78 is 20.7. The van der Waals surface area contributed by atoms with Gasteiger partial charge < -0.3 is 9.47 Å². The molecule has 0 aromatic heterocycles. The van der Waals surface area contributed by atoms with Crippen LogP contribution in [0.15, 0.2) is 102 Å². The van der Waals surface area contributed by atoms with E-state index in [4.69, 9.17) is 9.47 Å². The van der Waals surface area contributed by atoms with Gasteiger partial charge in [-0.05, 0) is 48.5 Å². The molecule has 0 bridgehead atoms. The SMILES string of the molecule is Brc1cc(Br)c2c3c(Br)cc(Br)c4c(Br)cc(Br)c(c5c(Br)cc(Br)c1c25)c43.O=C1OC(=O)c2cc(Br)c3c4c(Br)cc5c6c(cc(Br)c(c7c(Br)cc1c2c73)c64)C(=O)OC5=O. The first-order valence-electron chi connectivity index (χ1n) is 17.5. The molecule has 6 nitrogen and oxygen atoms in total. The van der Waals surface area contributed by atoms with Gasteiger partial charge in [0.25, 0.3) is 0 Å². The Hall–Kier alpha value is -1.16. The first kappa shape index (κ1) is 43.4. The molecule has 12 rings (SSSR count). The van der Waals surface area contributed by atoms with E-state index in [1.54, 1.807) is 24.3 Å². The number of halogens is 12. The third-order valence-corrected chi connectivity index (χ3v) is 18.8. The summed E-state index contributed by atoms with van der Waals surface area (Å²) >= 11 is 44.9. The van der Waals surface area contributed by atoms with Crippen molar-refractivity contribution in [1.82, 2.24) is 0 Å². The summed E-state index contributed by atoms with van der Waals surface area (Å²) in [7, 11) is 0. The zero-order valence-electron chi connectivity index (χ0n) is 29.6. The van der Waals surface area contributed by atoms with Crippen LogP contribution in [0.5, 0.6) is 0 Å². The highest BCUT2D eigenvalue weighted by Gasteiger charge is 2.36. The fourth-order valence-corrected chi connectivity index (χ4v) is 18.4. The Kier molecular flexibility index (Phi) is 10.6. The van der Waals surface area contributed by atoms with Crippen LogP contribution < -0.4 is 0 Å². The predicted octanol–water partition coefficient (Wildman–Crippen LogP) is 19.2. The van der Waals surface area contributed by atoms with Crippen LogP contribution in [0.25, 0.3) is 86.2 Å². The van der Waals surface area contributed by atoms with Crippen molar-refractivity contribution in [1.29, 1.82) is 0 Å². The molecular weight excluding hydrogens is 1580 g/mol. The molecule has 0 spiro atoms. The predicted molar refractivity (Wildman–Crippen MR) is 287 cm³/mol. The monoisotopic (exact) mass is 1580 g/mol. The van der Waals surface area contributed by atoms with Crippen molar-refractivity contribution in [2.24, 2.45) is 0 Å². The number of cyclic esters (lactones) is 4. The molecule has 2 aliphatic heterocycles. The summed E-state index contributed by atoms with van der Waals surface area (Å²) in [6.07, 6.45) is 0. The molecular formula is C44H8Br12O6. The van der Waals surface area contributed by atoms with Gasteiger partial charge in [-0.2, -0.15) is 0 Å². The quantitative estimate of drug-likeness (QED) is 0.0651. The maximum absolute atomic E-state index is 12.6. The Morgan fingerprint density at radius 1 is 0.210 bits per heavy atom. The Labute approximate surface area is 448 Å². The molecule has 304 valence electrons. The molecule has 0 radical (unpaired) electrons. The minimum atomic E-state index is -0.722. The van der Waals surface area contributed by atoms with E-state index >= 15 is 0 Å². The van der Waals surface area contributed by atoms with Gasteiger partial charge in [-0.15, -0.1) is 0 Å². The van der Waals surface area contributed by atoms with Crippen molar-refractivity contribution < 1.29 is 28.7 Å². The third-order valence-electron chi connectivity index (χ3n) is 11.3. The van der Waals surface area contributed by atoms with Crippen LogP contribution in [0.2, 0.25) is 0 Å². The Morgan fingerprint density at radius 2 is 0.371 bits per heavy atom. The van der Waals surface area contributed by atoms with Crippen molar-refractivity contribution in [3.63, 3.8) is 0 Å². The second-order valence-electron chi connectivity index (χ2n) is 14.3. The number of benzene rings is 10. The van der Waals surface area contributed by atoms with E-state index in [0.717, 1.165) is 68.1 Å². The van der Waals surface area contributed by atoms with Crippen LogP contribution in [-0.2, 0) is 9.47 Å². The molecule has 62 heavy (non-hydrogen) atoms. The highest BCUT2D eigenvalue weighted by Crippen LogP contribution is 2.56. The van der Waals surface area contributed by atoms with Crippen LogP contribution in [-0.4, -0.2) is 23.9 Å². The minimum absolute atomic E-state index is 0.272. The smallest absolute Gasteiger partial charge is 0.346 e. The second-order valence-corrected chi connectivity index (χ2v) is 24.6. The first-order valence-corrected chi connectivity index (χ1v) is 27.0. The minimum Gasteiger partial charge on any atom is -0.386 e. The molecule has 0 fully saturated rings. The van der Waals surface area contributed by atoms with Gasteiger partial charge in [-0.25, -0.2) is 19.2 Å². The van der Waals surface area contributed by atoms with Crippen LogP contribution in [0.1, 0.15) is 41.4 Å². The van der Waals surface area contributed by atoms with E-state index in [9.17, 15) is 19.2 Å². The number of rotatable bonds is 0. The fraction of sp³-hybridized carbons (Fsp3) is 0. The molecule has 0 saturated heterocycles. The lowest BCUT2D eigenvalue weighted by atomic mass is 9.83. The molecule has 0 aliphatic carbocycles. The van der Waals surface area contributed by atoms with E-state index in [1.807, 2.05) is 0 Å². The summed E-state index contributed by atoms with van der Waals surface area (Å²) in [6, 6.07) is 15.0. The van der Waals surface area contributed by atoms with E-state index in [1.165, 1.54) is 32.3 Å². The van der Waals surface area contributed by atoms with Crippen LogP contribution in [0.4, 0.5) is 0 Å². The van der Waals surface area contributed by atoms with Gasteiger partial charge in [0.1, 0.15) is 0 Å². The molecule has 18 heteroatoms. The standard InChI is InChI=1S/C24H4Br4O6.C20H4Br8/c25-9-1-5-13-6(22(30)33-21(5)29)2-11(27)17-18-12(28)4-8-14-7(23(31)34-24(8)32)3-10(26)16(20(14)18)15(9)19(13)17;21-5-1-9(25)15-16-10(26)3-7(23)14-8(24)4-12(28)18(20(14)16)17-11(27)2-6(22)13(5)19(15)17/h1-4H;1-4H. The fourth-order valence-electron chi connectivity index (χ4n) is 9.08. The Balaban J connectivity index is 0.000000142. The van der Waals surface area contributed by atoms with Crippen LogP contribution in [0, 0.1) is 0 Å². The molecule has 0 atom stereocenters. The average molecular weight is 1590 g/mol. The molecule has 0 N–H and O–H groups in total. The van der Waals surface area contributed by atoms with Gasteiger partial charge in [-0.1, -0.05) is 191 Å².